The van der Waals surface area contributed by atoms with E-state index < -0.39 is 4.92 Å². The SMILES string of the molecule is Cc1cccc(C(=O)NN=Cc2ccc([N+](=O)[O-])cc2)c1. The van der Waals surface area contributed by atoms with Gasteiger partial charge in [0.1, 0.15) is 0 Å². The summed E-state index contributed by atoms with van der Waals surface area (Å²) in [7, 11) is 0. The van der Waals surface area contributed by atoms with Crippen LogP contribution in [0.3, 0.4) is 0 Å². The average molecular weight is 283 g/mol. The van der Waals surface area contributed by atoms with E-state index in [-0.39, 0.29) is 11.6 Å². The van der Waals surface area contributed by atoms with Crippen molar-refractivity contribution in [3.05, 3.63) is 75.3 Å². The number of carbonyl (C=O) groups is 1. The molecule has 0 atom stereocenters. The van der Waals surface area contributed by atoms with Crippen LogP contribution in [-0.2, 0) is 0 Å². The van der Waals surface area contributed by atoms with Crippen molar-refractivity contribution in [3.63, 3.8) is 0 Å². The van der Waals surface area contributed by atoms with Crippen LogP contribution in [0.25, 0.3) is 0 Å². The first-order chi connectivity index (χ1) is 10.1. The minimum atomic E-state index is -0.472. The third kappa shape index (κ3) is 3.97. The van der Waals surface area contributed by atoms with Crippen LogP contribution < -0.4 is 5.43 Å². The number of benzene rings is 2. The minimum Gasteiger partial charge on any atom is -0.267 e. The van der Waals surface area contributed by atoms with E-state index in [0.717, 1.165) is 5.56 Å². The van der Waals surface area contributed by atoms with Gasteiger partial charge in [0.2, 0.25) is 0 Å². The lowest BCUT2D eigenvalue weighted by atomic mass is 10.1. The monoisotopic (exact) mass is 283 g/mol. The van der Waals surface area contributed by atoms with Crippen molar-refractivity contribution in [1.82, 2.24) is 5.43 Å². The molecule has 0 radical (unpaired) electrons. The molecule has 2 rings (SSSR count). The molecule has 2 aromatic rings. The molecule has 1 N–H and O–H groups in total. The van der Waals surface area contributed by atoms with Gasteiger partial charge in [-0.1, -0.05) is 17.7 Å². The summed E-state index contributed by atoms with van der Waals surface area (Å²) in [5, 5.41) is 14.3. The zero-order valence-electron chi connectivity index (χ0n) is 11.3. The summed E-state index contributed by atoms with van der Waals surface area (Å²) < 4.78 is 0. The maximum absolute atomic E-state index is 11.8. The van der Waals surface area contributed by atoms with Crippen molar-refractivity contribution in [2.45, 2.75) is 6.92 Å². The topological polar surface area (TPSA) is 84.6 Å². The Morgan fingerprint density at radius 2 is 1.95 bits per heavy atom. The third-order valence-corrected chi connectivity index (χ3v) is 2.76. The second-order valence-corrected chi connectivity index (χ2v) is 4.42. The van der Waals surface area contributed by atoms with Crippen molar-refractivity contribution in [1.29, 1.82) is 0 Å². The minimum absolute atomic E-state index is 0.0101. The van der Waals surface area contributed by atoms with Gasteiger partial charge in [0.05, 0.1) is 11.1 Å². The van der Waals surface area contributed by atoms with Gasteiger partial charge in [-0.15, -0.1) is 0 Å². The highest BCUT2D eigenvalue weighted by atomic mass is 16.6. The normalized spacial score (nSPS) is 10.5. The van der Waals surface area contributed by atoms with Crippen LogP contribution in [0, 0.1) is 17.0 Å². The Morgan fingerprint density at radius 1 is 1.24 bits per heavy atom. The first kappa shape index (κ1) is 14.4. The molecule has 6 heteroatoms. The lowest BCUT2D eigenvalue weighted by Gasteiger charge is -2.00. The van der Waals surface area contributed by atoms with E-state index in [1.807, 2.05) is 13.0 Å². The zero-order valence-corrected chi connectivity index (χ0v) is 11.3. The van der Waals surface area contributed by atoms with Gasteiger partial charge in [0.25, 0.3) is 11.6 Å². The maximum Gasteiger partial charge on any atom is 0.271 e. The predicted octanol–water partition coefficient (Wildman–Crippen LogP) is 2.67. The van der Waals surface area contributed by atoms with E-state index in [0.29, 0.717) is 11.1 Å². The molecule has 0 heterocycles. The van der Waals surface area contributed by atoms with Gasteiger partial charge >= 0.3 is 0 Å². The summed E-state index contributed by atoms with van der Waals surface area (Å²) >= 11 is 0. The number of nitro groups is 1. The molecule has 0 fully saturated rings. The van der Waals surface area contributed by atoms with Gasteiger partial charge in [0, 0.05) is 17.7 Å². The number of hydrogen-bond acceptors (Lipinski definition) is 4. The number of non-ortho nitro benzene ring substituents is 1. The Morgan fingerprint density at radius 3 is 2.57 bits per heavy atom. The lowest BCUT2D eigenvalue weighted by molar-refractivity contribution is -0.384. The molecule has 0 saturated carbocycles. The summed E-state index contributed by atoms with van der Waals surface area (Å²) in [6.07, 6.45) is 1.43. The fourth-order valence-electron chi connectivity index (χ4n) is 1.70. The molecule has 0 aliphatic rings. The number of nitro benzene ring substituents is 1. The number of hydrogen-bond donors (Lipinski definition) is 1. The first-order valence-corrected chi connectivity index (χ1v) is 6.21. The van der Waals surface area contributed by atoms with E-state index in [2.05, 4.69) is 10.5 Å². The molecule has 0 spiro atoms. The highest BCUT2D eigenvalue weighted by Gasteiger charge is 2.04. The molecule has 1 amide bonds. The molecule has 106 valence electrons. The van der Waals surface area contributed by atoms with E-state index >= 15 is 0 Å². The van der Waals surface area contributed by atoms with E-state index in [4.69, 9.17) is 0 Å². The van der Waals surface area contributed by atoms with Crippen LogP contribution in [0.1, 0.15) is 21.5 Å². The number of nitrogens with zero attached hydrogens (tertiary/aromatic N) is 2. The van der Waals surface area contributed by atoms with Crippen LogP contribution in [0.2, 0.25) is 0 Å². The molecular formula is C15H13N3O3. The number of carbonyl (C=O) groups excluding carboxylic acids is 1. The van der Waals surface area contributed by atoms with Crippen molar-refractivity contribution in [3.8, 4) is 0 Å². The Bertz CT molecular complexity index is 694. The van der Waals surface area contributed by atoms with Crippen molar-refractivity contribution < 1.29 is 9.72 Å². The summed E-state index contributed by atoms with van der Waals surface area (Å²) in [5.41, 5.74) is 4.59. The largest absolute Gasteiger partial charge is 0.271 e. The highest BCUT2D eigenvalue weighted by molar-refractivity contribution is 5.95. The van der Waals surface area contributed by atoms with E-state index in [9.17, 15) is 14.9 Å². The predicted molar refractivity (Wildman–Crippen MR) is 79.3 cm³/mol. The fraction of sp³-hybridized carbons (Fsp3) is 0.0667. The fourth-order valence-corrected chi connectivity index (χ4v) is 1.70. The smallest absolute Gasteiger partial charge is 0.267 e. The van der Waals surface area contributed by atoms with Crippen molar-refractivity contribution >= 4 is 17.8 Å². The number of hydrazone groups is 1. The van der Waals surface area contributed by atoms with Gasteiger partial charge < -0.3 is 0 Å². The van der Waals surface area contributed by atoms with Crippen LogP contribution in [0.4, 0.5) is 5.69 Å². The molecule has 0 aliphatic heterocycles. The van der Waals surface area contributed by atoms with E-state index in [1.54, 1.807) is 30.3 Å². The zero-order chi connectivity index (χ0) is 15.2. The number of aryl methyl sites for hydroxylation is 1. The Labute approximate surface area is 121 Å². The second-order valence-electron chi connectivity index (χ2n) is 4.42. The second kappa shape index (κ2) is 6.42. The maximum atomic E-state index is 11.8. The molecule has 21 heavy (non-hydrogen) atoms. The van der Waals surface area contributed by atoms with E-state index in [1.165, 1.54) is 18.3 Å². The van der Waals surface area contributed by atoms with Crippen molar-refractivity contribution in [2.75, 3.05) is 0 Å². The first-order valence-electron chi connectivity index (χ1n) is 6.21. The molecule has 0 saturated heterocycles. The summed E-state index contributed by atoms with van der Waals surface area (Å²) in [5.74, 6) is -0.308. The van der Waals surface area contributed by atoms with Gasteiger partial charge in [0.15, 0.2) is 0 Å². The molecule has 0 aromatic heterocycles. The molecule has 0 unspecified atom stereocenters. The summed E-state index contributed by atoms with van der Waals surface area (Å²) in [6, 6.07) is 13.0. The summed E-state index contributed by atoms with van der Waals surface area (Å²) in [4.78, 5) is 21.9. The number of amides is 1. The average Bonchev–Trinajstić information content (AvgIpc) is 2.47. The van der Waals surface area contributed by atoms with Gasteiger partial charge in [-0.3, -0.25) is 14.9 Å². The molecule has 0 aliphatic carbocycles. The molecule has 0 bridgehead atoms. The van der Waals surface area contributed by atoms with Gasteiger partial charge in [-0.05, 0) is 36.8 Å². The standard InChI is InChI=1S/C15H13N3O3/c1-11-3-2-4-13(9-11)15(19)17-16-10-12-5-7-14(8-6-12)18(20)21/h2-10H,1H3,(H,17,19). The Hall–Kier alpha value is -3.02. The van der Waals surface area contributed by atoms with Crippen LogP contribution in [0.5, 0.6) is 0 Å². The van der Waals surface area contributed by atoms with Crippen LogP contribution >= 0.6 is 0 Å². The molecule has 6 nitrogen and oxygen atoms in total. The highest BCUT2D eigenvalue weighted by Crippen LogP contribution is 2.10. The summed E-state index contributed by atoms with van der Waals surface area (Å²) in [6.45, 7) is 1.90. The van der Waals surface area contributed by atoms with Gasteiger partial charge in [-0.25, -0.2) is 5.43 Å². The lowest BCUT2D eigenvalue weighted by Crippen LogP contribution is -2.17. The van der Waals surface area contributed by atoms with Gasteiger partial charge in [-0.2, -0.15) is 5.10 Å². The Balaban J connectivity index is 1.99. The Kier molecular flexibility index (Phi) is 4.40. The third-order valence-electron chi connectivity index (χ3n) is 2.76. The number of nitrogens with one attached hydrogen (secondary N) is 1. The molecule has 2 aromatic carbocycles. The van der Waals surface area contributed by atoms with Crippen LogP contribution in [0.15, 0.2) is 53.6 Å². The molecular weight excluding hydrogens is 270 g/mol. The number of rotatable bonds is 4. The quantitative estimate of drug-likeness (QED) is 0.532. The van der Waals surface area contributed by atoms with Crippen molar-refractivity contribution in [2.24, 2.45) is 5.10 Å². The van der Waals surface area contributed by atoms with Crippen LogP contribution in [-0.4, -0.2) is 17.0 Å².